The van der Waals surface area contributed by atoms with Gasteiger partial charge in [-0.3, -0.25) is 0 Å². The SMILES string of the molecule is COc1ccc2[nH]c3c(c2c1C)CCNC3. The maximum atomic E-state index is 5.38. The van der Waals surface area contributed by atoms with Crippen LogP contribution in [0.5, 0.6) is 5.75 Å². The Morgan fingerprint density at radius 2 is 2.19 bits per heavy atom. The van der Waals surface area contributed by atoms with Crippen molar-refractivity contribution in [3.05, 3.63) is 29.0 Å². The molecule has 0 atom stereocenters. The Morgan fingerprint density at radius 1 is 1.31 bits per heavy atom. The first-order chi connectivity index (χ1) is 7.81. The average molecular weight is 216 g/mol. The van der Waals surface area contributed by atoms with E-state index in [1.54, 1.807) is 7.11 Å². The third-order valence-corrected chi connectivity index (χ3v) is 3.44. The molecule has 0 spiro atoms. The van der Waals surface area contributed by atoms with Gasteiger partial charge in [-0.25, -0.2) is 0 Å². The maximum Gasteiger partial charge on any atom is 0.122 e. The molecule has 1 aliphatic heterocycles. The molecule has 2 aromatic rings. The highest BCUT2D eigenvalue weighted by Gasteiger charge is 2.17. The summed E-state index contributed by atoms with van der Waals surface area (Å²) in [4.78, 5) is 3.49. The lowest BCUT2D eigenvalue weighted by atomic mass is 10.0. The maximum absolute atomic E-state index is 5.38. The number of hydrogen-bond donors (Lipinski definition) is 2. The molecule has 1 aliphatic rings. The van der Waals surface area contributed by atoms with E-state index in [9.17, 15) is 0 Å². The van der Waals surface area contributed by atoms with Gasteiger partial charge in [0.25, 0.3) is 0 Å². The van der Waals surface area contributed by atoms with Gasteiger partial charge in [-0.2, -0.15) is 0 Å². The number of H-pyrrole nitrogens is 1. The van der Waals surface area contributed by atoms with Gasteiger partial charge in [-0.1, -0.05) is 0 Å². The summed E-state index contributed by atoms with van der Waals surface area (Å²) in [5, 5.41) is 4.74. The van der Waals surface area contributed by atoms with Crippen molar-refractivity contribution in [2.45, 2.75) is 19.9 Å². The number of aryl methyl sites for hydroxylation is 1. The zero-order valence-electron chi connectivity index (χ0n) is 9.68. The molecule has 84 valence electrons. The predicted octanol–water partition coefficient (Wildman–Crippen LogP) is 2.13. The van der Waals surface area contributed by atoms with Crippen LogP contribution in [0, 0.1) is 6.92 Å². The largest absolute Gasteiger partial charge is 0.496 e. The van der Waals surface area contributed by atoms with Crippen molar-refractivity contribution in [3.63, 3.8) is 0 Å². The number of aromatic nitrogens is 1. The Kier molecular flexibility index (Phi) is 2.14. The third kappa shape index (κ3) is 1.25. The summed E-state index contributed by atoms with van der Waals surface area (Å²) < 4.78 is 5.38. The van der Waals surface area contributed by atoms with E-state index in [0.717, 1.165) is 25.3 Å². The lowest BCUT2D eigenvalue weighted by molar-refractivity contribution is 0.412. The van der Waals surface area contributed by atoms with Crippen LogP contribution in [-0.2, 0) is 13.0 Å². The Hall–Kier alpha value is -1.48. The highest BCUT2D eigenvalue weighted by atomic mass is 16.5. The van der Waals surface area contributed by atoms with Crippen molar-refractivity contribution in [1.29, 1.82) is 0 Å². The summed E-state index contributed by atoms with van der Waals surface area (Å²) in [6.45, 7) is 4.15. The van der Waals surface area contributed by atoms with E-state index in [0.29, 0.717) is 0 Å². The molecule has 0 unspecified atom stereocenters. The zero-order valence-corrected chi connectivity index (χ0v) is 9.68. The molecule has 0 aliphatic carbocycles. The number of hydrogen-bond acceptors (Lipinski definition) is 2. The lowest BCUT2D eigenvalue weighted by Crippen LogP contribution is -2.23. The number of rotatable bonds is 1. The van der Waals surface area contributed by atoms with Crippen LogP contribution >= 0.6 is 0 Å². The second-order valence-corrected chi connectivity index (χ2v) is 4.32. The Bertz CT molecular complexity index is 542. The molecule has 3 rings (SSSR count). The molecule has 2 N–H and O–H groups in total. The number of benzene rings is 1. The van der Waals surface area contributed by atoms with Gasteiger partial charge in [0, 0.05) is 28.7 Å². The first kappa shape index (κ1) is 9.73. The smallest absolute Gasteiger partial charge is 0.122 e. The fraction of sp³-hybridized carbons (Fsp3) is 0.385. The van der Waals surface area contributed by atoms with Gasteiger partial charge in [0.05, 0.1) is 7.11 Å². The Balaban J connectivity index is 2.32. The summed E-state index contributed by atoms with van der Waals surface area (Å²) in [6, 6.07) is 4.15. The van der Waals surface area contributed by atoms with E-state index in [2.05, 4.69) is 23.3 Å². The van der Waals surface area contributed by atoms with Gasteiger partial charge in [-0.05, 0) is 37.6 Å². The van der Waals surface area contributed by atoms with Gasteiger partial charge in [0.1, 0.15) is 5.75 Å². The third-order valence-electron chi connectivity index (χ3n) is 3.44. The fourth-order valence-electron chi connectivity index (χ4n) is 2.65. The zero-order chi connectivity index (χ0) is 11.1. The van der Waals surface area contributed by atoms with Crippen molar-refractivity contribution in [3.8, 4) is 5.75 Å². The van der Waals surface area contributed by atoms with Crippen molar-refractivity contribution in [1.82, 2.24) is 10.3 Å². The predicted molar refractivity (Wildman–Crippen MR) is 65.0 cm³/mol. The van der Waals surface area contributed by atoms with Crippen molar-refractivity contribution >= 4 is 10.9 Å². The van der Waals surface area contributed by atoms with Crippen LogP contribution in [0.3, 0.4) is 0 Å². The molecule has 3 nitrogen and oxygen atoms in total. The molecular weight excluding hydrogens is 200 g/mol. The summed E-state index contributed by atoms with van der Waals surface area (Å²) in [5.41, 5.74) is 5.27. The van der Waals surface area contributed by atoms with Crippen LogP contribution in [-0.4, -0.2) is 18.6 Å². The quantitative estimate of drug-likeness (QED) is 0.766. The molecule has 0 saturated heterocycles. The van der Waals surface area contributed by atoms with Crippen LogP contribution in [0.15, 0.2) is 12.1 Å². The fourth-order valence-corrected chi connectivity index (χ4v) is 2.65. The van der Waals surface area contributed by atoms with Gasteiger partial charge < -0.3 is 15.0 Å². The molecule has 0 amide bonds. The lowest BCUT2D eigenvalue weighted by Gasteiger charge is -2.13. The van der Waals surface area contributed by atoms with Crippen LogP contribution < -0.4 is 10.1 Å². The Labute approximate surface area is 94.8 Å². The Morgan fingerprint density at radius 3 is 3.00 bits per heavy atom. The minimum absolute atomic E-state index is 0.950. The van der Waals surface area contributed by atoms with Gasteiger partial charge in [-0.15, -0.1) is 0 Å². The van der Waals surface area contributed by atoms with Gasteiger partial charge in [0.15, 0.2) is 0 Å². The average Bonchev–Trinajstić information content (AvgIpc) is 2.68. The highest BCUT2D eigenvalue weighted by molar-refractivity contribution is 5.89. The second kappa shape index (κ2) is 3.52. The highest BCUT2D eigenvalue weighted by Crippen LogP contribution is 2.32. The first-order valence-corrected chi connectivity index (χ1v) is 5.69. The summed E-state index contributed by atoms with van der Waals surface area (Å²) in [7, 11) is 1.73. The summed E-state index contributed by atoms with van der Waals surface area (Å²) >= 11 is 0. The van der Waals surface area contributed by atoms with E-state index in [-0.39, 0.29) is 0 Å². The van der Waals surface area contributed by atoms with Crippen LogP contribution in [0.4, 0.5) is 0 Å². The van der Waals surface area contributed by atoms with E-state index < -0.39 is 0 Å². The monoisotopic (exact) mass is 216 g/mol. The van der Waals surface area contributed by atoms with Crippen LogP contribution in [0.25, 0.3) is 10.9 Å². The van der Waals surface area contributed by atoms with Gasteiger partial charge in [0.2, 0.25) is 0 Å². The molecular formula is C13H16N2O. The van der Waals surface area contributed by atoms with E-state index in [1.165, 1.54) is 27.7 Å². The standard InChI is InChI=1S/C13H16N2O/c1-8-12(16-2)4-3-10-13(8)9-5-6-14-7-11(9)15-10/h3-4,14-15H,5-7H2,1-2H3. The van der Waals surface area contributed by atoms with Crippen LogP contribution in [0.1, 0.15) is 16.8 Å². The minimum Gasteiger partial charge on any atom is -0.496 e. The molecule has 0 radical (unpaired) electrons. The van der Waals surface area contributed by atoms with Crippen molar-refractivity contribution in [2.75, 3.05) is 13.7 Å². The number of fused-ring (bicyclic) bond motifs is 3. The minimum atomic E-state index is 0.950. The van der Waals surface area contributed by atoms with E-state index in [1.807, 2.05) is 6.07 Å². The molecule has 16 heavy (non-hydrogen) atoms. The van der Waals surface area contributed by atoms with Crippen molar-refractivity contribution in [2.24, 2.45) is 0 Å². The molecule has 0 saturated carbocycles. The summed E-state index contributed by atoms with van der Waals surface area (Å²) in [5.74, 6) is 0.979. The second-order valence-electron chi connectivity index (χ2n) is 4.32. The topological polar surface area (TPSA) is 37.0 Å². The van der Waals surface area contributed by atoms with Crippen molar-refractivity contribution < 1.29 is 4.74 Å². The molecule has 0 fully saturated rings. The normalized spacial score (nSPS) is 15.1. The van der Waals surface area contributed by atoms with Gasteiger partial charge >= 0.3 is 0 Å². The van der Waals surface area contributed by atoms with E-state index in [4.69, 9.17) is 4.74 Å². The van der Waals surface area contributed by atoms with Crippen LogP contribution in [0.2, 0.25) is 0 Å². The number of aromatic amines is 1. The summed E-state index contributed by atoms with van der Waals surface area (Å²) in [6.07, 6.45) is 1.10. The molecule has 0 bridgehead atoms. The number of ether oxygens (including phenoxy) is 1. The number of nitrogens with one attached hydrogen (secondary N) is 2. The number of methoxy groups -OCH3 is 1. The molecule has 1 aromatic heterocycles. The van der Waals surface area contributed by atoms with E-state index >= 15 is 0 Å². The first-order valence-electron chi connectivity index (χ1n) is 5.69. The molecule has 2 heterocycles. The molecule has 3 heteroatoms. The molecule has 1 aromatic carbocycles.